The molecule has 1 atom stereocenters. The highest BCUT2D eigenvalue weighted by Gasteiger charge is 2.34. The number of nitrogens with one attached hydrogen (secondary N) is 1. The lowest BCUT2D eigenvalue weighted by molar-refractivity contribution is -0.138. The third kappa shape index (κ3) is 2.77. The Morgan fingerprint density at radius 3 is 2.61 bits per heavy atom. The molecule has 0 bridgehead atoms. The van der Waals surface area contributed by atoms with Crippen molar-refractivity contribution >= 4 is 0 Å². The van der Waals surface area contributed by atoms with E-state index in [1.54, 1.807) is 0 Å². The number of halogens is 3. The summed E-state index contributed by atoms with van der Waals surface area (Å²) in [5, 5.41) is 3.31. The first kappa shape index (κ1) is 13.2. The average Bonchev–Trinajstić information content (AvgIpc) is 2.38. The molecule has 1 unspecified atom stereocenters. The highest BCUT2D eigenvalue weighted by Crippen LogP contribution is 2.38. The summed E-state index contributed by atoms with van der Waals surface area (Å²) >= 11 is 0. The van der Waals surface area contributed by atoms with Crippen molar-refractivity contribution in [3.05, 3.63) is 29.3 Å². The fourth-order valence-electron chi connectivity index (χ4n) is 2.30. The predicted octanol–water partition coefficient (Wildman–Crippen LogP) is 3.53. The third-order valence-corrected chi connectivity index (χ3v) is 3.24. The van der Waals surface area contributed by atoms with Gasteiger partial charge in [-0.25, -0.2) is 0 Å². The van der Waals surface area contributed by atoms with Crippen molar-refractivity contribution < 1.29 is 17.9 Å². The van der Waals surface area contributed by atoms with E-state index in [-0.39, 0.29) is 11.8 Å². The van der Waals surface area contributed by atoms with Gasteiger partial charge in [-0.15, -0.1) is 0 Å². The molecule has 1 saturated heterocycles. The molecule has 1 heterocycles. The third-order valence-electron chi connectivity index (χ3n) is 3.24. The molecule has 1 aromatic rings. The molecule has 18 heavy (non-hydrogen) atoms. The Hall–Kier alpha value is -1.23. The van der Waals surface area contributed by atoms with Gasteiger partial charge in [0.25, 0.3) is 0 Å². The van der Waals surface area contributed by atoms with E-state index in [4.69, 9.17) is 4.74 Å². The van der Waals surface area contributed by atoms with E-state index in [9.17, 15) is 13.2 Å². The van der Waals surface area contributed by atoms with Crippen molar-refractivity contribution in [3.63, 3.8) is 0 Å². The minimum atomic E-state index is -4.37. The molecule has 0 aliphatic carbocycles. The van der Waals surface area contributed by atoms with Crippen LogP contribution in [0.2, 0.25) is 0 Å². The number of benzene rings is 1. The highest BCUT2D eigenvalue weighted by atomic mass is 19.4. The number of hydrogen-bond donors (Lipinski definition) is 1. The van der Waals surface area contributed by atoms with Gasteiger partial charge >= 0.3 is 6.18 Å². The molecular weight excluding hydrogens is 243 g/mol. The van der Waals surface area contributed by atoms with Crippen LogP contribution in [0.3, 0.4) is 0 Å². The molecule has 1 aliphatic rings. The van der Waals surface area contributed by atoms with E-state index in [0.717, 1.165) is 37.4 Å². The zero-order valence-electron chi connectivity index (χ0n) is 10.2. The second kappa shape index (κ2) is 5.18. The van der Waals surface area contributed by atoms with Crippen molar-refractivity contribution in [2.45, 2.75) is 31.5 Å². The van der Waals surface area contributed by atoms with Gasteiger partial charge in [-0.2, -0.15) is 13.2 Å². The Bertz CT molecular complexity index is 411. The molecule has 1 aromatic carbocycles. The van der Waals surface area contributed by atoms with E-state index in [1.165, 1.54) is 19.2 Å². The molecule has 0 aromatic heterocycles. The molecule has 0 spiro atoms. The number of rotatable bonds is 2. The van der Waals surface area contributed by atoms with Crippen molar-refractivity contribution in [2.24, 2.45) is 0 Å². The van der Waals surface area contributed by atoms with Crippen LogP contribution in [0, 0.1) is 0 Å². The molecular formula is C13H16F3NO. The second-order valence-corrected chi connectivity index (χ2v) is 4.46. The van der Waals surface area contributed by atoms with Crippen LogP contribution >= 0.6 is 0 Å². The number of ether oxygens (including phenoxy) is 1. The largest absolute Gasteiger partial charge is 0.496 e. The summed E-state index contributed by atoms with van der Waals surface area (Å²) in [5.41, 5.74) is 0.143. The molecule has 1 N–H and O–H groups in total. The normalized spacial score (nSPS) is 20.8. The minimum Gasteiger partial charge on any atom is -0.496 e. The Kier molecular flexibility index (Phi) is 3.80. The molecule has 100 valence electrons. The smallest absolute Gasteiger partial charge is 0.419 e. The molecule has 0 radical (unpaired) electrons. The maximum atomic E-state index is 12.7. The molecule has 1 fully saturated rings. The quantitative estimate of drug-likeness (QED) is 0.877. The maximum absolute atomic E-state index is 12.7. The summed E-state index contributed by atoms with van der Waals surface area (Å²) in [5.74, 6) is -0.104. The van der Waals surface area contributed by atoms with Crippen LogP contribution in [-0.2, 0) is 6.18 Å². The maximum Gasteiger partial charge on any atom is 0.419 e. The first-order valence-electron chi connectivity index (χ1n) is 6.01. The zero-order valence-corrected chi connectivity index (χ0v) is 10.2. The van der Waals surface area contributed by atoms with Gasteiger partial charge in [-0.05, 0) is 37.1 Å². The minimum absolute atomic E-state index is 0.104. The Balaban J connectivity index is 2.29. The van der Waals surface area contributed by atoms with Crippen LogP contribution in [0.1, 0.15) is 36.4 Å². The van der Waals surface area contributed by atoms with Gasteiger partial charge in [-0.3, -0.25) is 0 Å². The lowest BCUT2D eigenvalue weighted by atomic mass is 9.96. The van der Waals surface area contributed by atoms with Crippen molar-refractivity contribution in [2.75, 3.05) is 13.7 Å². The molecule has 0 amide bonds. The van der Waals surface area contributed by atoms with Gasteiger partial charge in [0.2, 0.25) is 0 Å². The summed E-state index contributed by atoms with van der Waals surface area (Å²) in [7, 11) is 1.27. The van der Waals surface area contributed by atoms with Crippen LogP contribution in [0.4, 0.5) is 13.2 Å². The van der Waals surface area contributed by atoms with Crippen LogP contribution in [0.15, 0.2) is 18.2 Å². The lowest BCUT2D eigenvalue weighted by Crippen LogP contribution is -2.26. The van der Waals surface area contributed by atoms with Crippen molar-refractivity contribution in [3.8, 4) is 5.75 Å². The molecule has 2 nitrogen and oxygen atoms in total. The fraction of sp³-hybridized carbons (Fsp3) is 0.538. The SMILES string of the molecule is COc1cc(C2CCCCN2)ccc1C(F)(F)F. The Morgan fingerprint density at radius 1 is 1.28 bits per heavy atom. The van der Waals surface area contributed by atoms with Gasteiger partial charge < -0.3 is 10.1 Å². The van der Waals surface area contributed by atoms with Crippen molar-refractivity contribution in [1.82, 2.24) is 5.32 Å². The summed E-state index contributed by atoms with van der Waals surface area (Å²) in [4.78, 5) is 0. The number of methoxy groups -OCH3 is 1. The van der Waals surface area contributed by atoms with Gasteiger partial charge in [0.1, 0.15) is 5.75 Å². The molecule has 2 rings (SSSR count). The monoisotopic (exact) mass is 259 g/mol. The number of alkyl halides is 3. The van der Waals surface area contributed by atoms with Gasteiger partial charge in [0.05, 0.1) is 12.7 Å². The predicted molar refractivity (Wildman–Crippen MR) is 62.6 cm³/mol. The second-order valence-electron chi connectivity index (χ2n) is 4.46. The standard InChI is InChI=1S/C13H16F3NO/c1-18-12-8-9(11-4-2-3-7-17-11)5-6-10(12)13(14,15)16/h5-6,8,11,17H,2-4,7H2,1H3. The van der Waals surface area contributed by atoms with E-state index < -0.39 is 11.7 Å². The topological polar surface area (TPSA) is 21.3 Å². The van der Waals surface area contributed by atoms with Crippen LogP contribution in [-0.4, -0.2) is 13.7 Å². The van der Waals surface area contributed by atoms with E-state index >= 15 is 0 Å². The highest BCUT2D eigenvalue weighted by molar-refractivity contribution is 5.40. The van der Waals surface area contributed by atoms with Gasteiger partial charge in [0, 0.05) is 6.04 Å². The van der Waals surface area contributed by atoms with Crippen molar-refractivity contribution in [1.29, 1.82) is 0 Å². The number of piperidine rings is 1. The van der Waals surface area contributed by atoms with Crippen LogP contribution in [0.5, 0.6) is 5.75 Å². The van der Waals surface area contributed by atoms with Gasteiger partial charge in [-0.1, -0.05) is 12.5 Å². The summed E-state index contributed by atoms with van der Waals surface area (Å²) in [6.07, 6.45) is -1.20. The molecule has 5 heteroatoms. The zero-order chi connectivity index (χ0) is 13.2. The van der Waals surface area contributed by atoms with E-state index in [0.29, 0.717) is 0 Å². The van der Waals surface area contributed by atoms with E-state index in [2.05, 4.69) is 5.32 Å². The summed E-state index contributed by atoms with van der Waals surface area (Å²) in [6.45, 7) is 0.911. The number of hydrogen-bond acceptors (Lipinski definition) is 2. The van der Waals surface area contributed by atoms with Gasteiger partial charge in [0.15, 0.2) is 0 Å². The fourth-order valence-corrected chi connectivity index (χ4v) is 2.30. The van der Waals surface area contributed by atoms with E-state index in [1.807, 2.05) is 0 Å². The summed E-state index contributed by atoms with van der Waals surface area (Å²) in [6, 6.07) is 4.26. The Morgan fingerprint density at radius 2 is 2.06 bits per heavy atom. The first-order valence-corrected chi connectivity index (χ1v) is 6.01. The average molecular weight is 259 g/mol. The first-order chi connectivity index (χ1) is 8.52. The summed E-state index contributed by atoms with van der Waals surface area (Å²) < 4.78 is 43.0. The molecule has 1 aliphatic heterocycles. The van der Waals surface area contributed by atoms with Crippen LogP contribution in [0.25, 0.3) is 0 Å². The van der Waals surface area contributed by atoms with Crippen LogP contribution < -0.4 is 10.1 Å². The Labute approximate surface area is 104 Å². The molecule has 0 saturated carbocycles. The lowest BCUT2D eigenvalue weighted by Gasteiger charge is -2.24.